The van der Waals surface area contributed by atoms with E-state index in [1.807, 2.05) is 6.92 Å². The van der Waals surface area contributed by atoms with E-state index in [-0.39, 0.29) is 33.7 Å². The third-order valence-electron chi connectivity index (χ3n) is 14.4. The lowest BCUT2D eigenvalue weighted by molar-refractivity contribution is -0.330. The van der Waals surface area contributed by atoms with Crippen LogP contribution in [0.4, 0.5) is 0 Å². The first-order valence-electron chi connectivity index (χ1n) is 17.3. The highest BCUT2D eigenvalue weighted by Crippen LogP contribution is 2.73. The number of ether oxygens (including phenoxy) is 2. The molecule has 0 radical (unpaired) electrons. The average Bonchev–Trinajstić information content (AvgIpc) is 3.24. The molecule has 5 aliphatic rings. The Bertz CT molecular complexity index is 1070. The maximum absolute atomic E-state index is 12.1. The largest absolute Gasteiger partial charge is 0.394 e. The summed E-state index contributed by atoms with van der Waals surface area (Å²) in [5.74, 6) is 1.22. The van der Waals surface area contributed by atoms with Crippen molar-refractivity contribution < 1.29 is 40.1 Å². The molecule has 0 aromatic heterocycles. The van der Waals surface area contributed by atoms with Gasteiger partial charge in [0.1, 0.15) is 24.4 Å². The van der Waals surface area contributed by atoms with Gasteiger partial charge in [0, 0.05) is 5.41 Å². The number of aliphatic hydroxyl groups is 6. The van der Waals surface area contributed by atoms with Crippen LogP contribution in [0.15, 0.2) is 11.6 Å². The Morgan fingerprint density at radius 1 is 0.886 bits per heavy atom. The van der Waals surface area contributed by atoms with Gasteiger partial charge in [0.15, 0.2) is 6.29 Å². The van der Waals surface area contributed by atoms with E-state index in [1.54, 1.807) is 0 Å². The van der Waals surface area contributed by atoms with E-state index in [2.05, 4.69) is 54.5 Å². The lowest BCUT2D eigenvalue weighted by Gasteiger charge is -2.67. The molecule has 44 heavy (non-hydrogen) atoms. The number of allylic oxidation sites excluding steroid dienone is 2. The molecule has 254 valence electrons. The molecule has 8 heteroatoms. The van der Waals surface area contributed by atoms with Gasteiger partial charge in [0.05, 0.1) is 24.4 Å². The van der Waals surface area contributed by atoms with Gasteiger partial charge in [0.2, 0.25) is 0 Å². The van der Waals surface area contributed by atoms with Crippen molar-refractivity contribution >= 4 is 0 Å². The van der Waals surface area contributed by atoms with Crippen LogP contribution in [0.25, 0.3) is 0 Å². The van der Waals surface area contributed by atoms with Crippen molar-refractivity contribution in [2.24, 2.45) is 45.3 Å². The summed E-state index contributed by atoms with van der Waals surface area (Å²) >= 11 is 0. The first kappa shape index (κ1) is 34.7. The maximum Gasteiger partial charge on any atom is 0.186 e. The molecule has 0 unspecified atom stereocenters. The zero-order valence-corrected chi connectivity index (χ0v) is 28.5. The van der Waals surface area contributed by atoms with Crippen LogP contribution in [0.5, 0.6) is 0 Å². The van der Waals surface area contributed by atoms with E-state index in [0.717, 1.165) is 51.4 Å². The fraction of sp³-hybridized carbons (Fsp3) is 0.944. The smallest absolute Gasteiger partial charge is 0.186 e. The fourth-order valence-corrected chi connectivity index (χ4v) is 11.8. The van der Waals surface area contributed by atoms with E-state index in [4.69, 9.17) is 9.47 Å². The van der Waals surface area contributed by atoms with Gasteiger partial charge in [-0.25, -0.2) is 0 Å². The topological polar surface area (TPSA) is 140 Å². The standard InChI is InChI=1S/C36H62O8/c1-20(2)10-9-14-36(8,42)35(7)17-16-34(6)21-11-12-25-32(3,4)26(13-15-33(25,5)22(21)18-23(38)30(34)35)44-31-29(41)28(40)27(39)24(19-37)43-31/h10,21-31,37-42H,9,11-19H2,1-8H3/t21-,22+,23+,24-,25-,26-,27-,28+,29-,30-,31+,33-,34-,35+,36-/m1/s1. The summed E-state index contributed by atoms with van der Waals surface area (Å²) in [6.45, 7) is 17.3. The SMILES string of the molecule is CC(C)=CCC[C@@](C)(O)[C@@]1(C)CC[C@]2(C)[C@@H]3CC[C@@H]4C(C)(C)[C@H](O[C@@H]5O[C@H](CO)[C@@H](O)[C@H](O)[C@H]5O)CC[C@]4(C)[C@H]3C[C@H](O)[C@H]21. The number of hydrogen-bond donors (Lipinski definition) is 6. The quantitative estimate of drug-likeness (QED) is 0.182. The molecule has 5 rings (SSSR count). The highest BCUT2D eigenvalue weighted by molar-refractivity contribution is 5.19. The molecule has 1 heterocycles. The Hall–Kier alpha value is -0.580. The van der Waals surface area contributed by atoms with Crippen molar-refractivity contribution in [2.45, 2.75) is 162 Å². The summed E-state index contributed by atoms with van der Waals surface area (Å²) in [4.78, 5) is 0. The first-order valence-corrected chi connectivity index (χ1v) is 17.3. The second-order valence-corrected chi connectivity index (χ2v) is 17.3. The predicted molar refractivity (Wildman–Crippen MR) is 168 cm³/mol. The van der Waals surface area contributed by atoms with Gasteiger partial charge >= 0.3 is 0 Å². The molecule has 0 bridgehead atoms. The van der Waals surface area contributed by atoms with Crippen LogP contribution in [-0.2, 0) is 9.47 Å². The first-order chi connectivity index (χ1) is 20.3. The molecular formula is C36H62O8. The number of fused-ring (bicyclic) bond motifs is 5. The Morgan fingerprint density at radius 2 is 1.57 bits per heavy atom. The summed E-state index contributed by atoms with van der Waals surface area (Å²) in [6.07, 6.45) is 3.17. The van der Waals surface area contributed by atoms with Crippen molar-refractivity contribution in [3.8, 4) is 0 Å². The lowest BCUT2D eigenvalue weighted by Crippen LogP contribution is -2.65. The lowest BCUT2D eigenvalue weighted by atomic mass is 9.39. The summed E-state index contributed by atoms with van der Waals surface area (Å²) in [6, 6.07) is 0. The van der Waals surface area contributed by atoms with Crippen LogP contribution in [0.1, 0.15) is 113 Å². The molecular weight excluding hydrogens is 560 g/mol. The molecule has 0 aromatic carbocycles. The van der Waals surface area contributed by atoms with E-state index in [1.165, 1.54) is 5.57 Å². The molecule has 6 N–H and O–H groups in total. The minimum atomic E-state index is -1.46. The molecule has 4 saturated carbocycles. The Kier molecular flexibility index (Phi) is 9.35. The van der Waals surface area contributed by atoms with Gasteiger partial charge in [-0.05, 0) is 118 Å². The normalized spacial score (nSPS) is 51.5. The fourth-order valence-electron chi connectivity index (χ4n) is 11.8. The molecule has 0 aromatic rings. The van der Waals surface area contributed by atoms with E-state index < -0.39 is 49.0 Å². The summed E-state index contributed by atoms with van der Waals surface area (Å²) in [5, 5.41) is 65.0. The number of aliphatic hydroxyl groups excluding tert-OH is 5. The van der Waals surface area contributed by atoms with Crippen LogP contribution in [-0.4, -0.2) is 85.8 Å². The predicted octanol–water partition coefficient (Wildman–Crippen LogP) is 4.32. The van der Waals surface area contributed by atoms with Crippen LogP contribution < -0.4 is 0 Å². The van der Waals surface area contributed by atoms with Crippen molar-refractivity contribution in [2.75, 3.05) is 6.61 Å². The molecule has 15 atom stereocenters. The van der Waals surface area contributed by atoms with Crippen LogP contribution >= 0.6 is 0 Å². The Labute approximate surface area is 265 Å². The third-order valence-corrected chi connectivity index (χ3v) is 14.4. The Morgan fingerprint density at radius 3 is 2.20 bits per heavy atom. The Balaban J connectivity index is 1.36. The van der Waals surface area contributed by atoms with Gasteiger partial charge in [-0.15, -0.1) is 0 Å². The summed E-state index contributed by atoms with van der Waals surface area (Å²) in [5.41, 5.74) is -0.253. The zero-order valence-electron chi connectivity index (χ0n) is 28.5. The van der Waals surface area contributed by atoms with Crippen LogP contribution in [0, 0.1) is 45.3 Å². The minimum Gasteiger partial charge on any atom is -0.394 e. The third kappa shape index (κ3) is 5.26. The number of hydrogen-bond acceptors (Lipinski definition) is 8. The molecule has 8 nitrogen and oxygen atoms in total. The molecule has 0 amide bonds. The van der Waals surface area contributed by atoms with Crippen molar-refractivity contribution in [1.29, 1.82) is 0 Å². The van der Waals surface area contributed by atoms with Gasteiger partial charge < -0.3 is 40.1 Å². The van der Waals surface area contributed by atoms with Gasteiger partial charge in [-0.3, -0.25) is 0 Å². The van der Waals surface area contributed by atoms with Crippen LogP contribution in [0.3, 0.4) is 0 Å². The van der Waals surface area contributed by atoms with Crippen molar-refractivity contribution in [3.63, 3.8) is 0 Å². The molecule has 1 aliphatic heterocycles. The number of rotatable bonds is 7. The molecule has 0 spiro atoms. The molecule has 4 aliphatic carbocycles. The van der Waals surface area contributed by atoms with E-state index in [0.29, 0.717) is 24.2 Å². The van der Waals surface area contributed by atoms with Crippen LogP contribution in [0.2, 0.25) is 0 Å². The van der Waals surface area contributed by atoms with E-state index in [9.17, 15) is 30.6 Å². The summed E-state index contributed by atoms with van der Waals surface area (Å²) < 4.78 is 12.2. The van der Waals surface area contributed by atoms with E-state index >= 15 is 0 Å². The second-order valence-electron chi connectivity index (χ2n) is 17.3. The average molecular weight is 623 g/mol. The minimum absolute atomic E-state index is 0.00156. The molecule has 1 saturated heterocycles. The zero-order chi connectivity index (χ0) is 32.6. The van der Waals surface area contributed by atoms with Gasteiger partial charge in [-0.1, -0.05) is 46.3 Å². The van der Waals surface area contributed by atoms with Gasteiger partial charge in [0.25, 0.3) is 0 Å². The maximum atomic E-state index is 12.1. The second kappa shape index (κ2) is 11.8. The van der Waals surface area contributed by atoms with Crippen molar-refractivity contribution in [3.05, 3.63) is 11.6 Å². The molecule has 5 fully saturated rings. The van der Waals surface area contributed by atoms with Crippen molar-refractivity contribution in [1.82, 2.24) is 0 Å². The highest BCUT2D eigenvalue weighted by Gasteiger charge is 2.70. The monoisotopic (exact) mass is 622 g/mol. The highest BCUT2D eigenvalue weighted by atomic mass is 16.7. The van der Waals surface area contributed by atoms with Gasteiger partial charge in [-0.2, -0.15) is 0 Å². The summed E-state index contributed by atoms with van der Waals surface area (Å²) in [7, 11) is 0.